The van der Waals surface area contributed by atoms with Crippen LogP contribution in [0.3, 0.4) is 0 Å². The van der Waals surface area contributed by atoms with Gasteiger partial charge >= 0.3 is 0 Å². The van der Waals surface area contributed by atoms with Gasteiger partial charge in [0.25, 0.3) is 0 Å². The van der Waals surface area contributed by atoms with E-state index >= 15 is 0 Å². The summed E-state index contributed by atoms with van der Waals surface area (Å²) in [4.78, 5) is 12.0. The van der Waals surface area contributed by atoms with Crippen LogP contribution in [0.15, 0.2) is 0 Å². The second-order valence-electron chi connectivity index (χ2n) is 5.14. The average Bonchev–Trinajstić information content (AvgIpc) is 2.28. The zero-order valence-electron chi connectivity index (χ0n) is 10.3. The molecule has 94 valence electrons. The largest absolute Gasteiger partial charge is 0.396 e. The molecule has 0 aromatic carbocycles. The summed E-state index contributed by atoms with van der Waals surface area (Å²) in [5.74, 6) is 0.0103. The monoisotopic (exact) mass is 228 g/mol. The Labute approximate surface area is 97.6 Å². The minimum atomic E-state index is -0.679. The number of nitrogens with two attached hydrogens (primary N) is 1. The summed E-state index contributed by atoms with van der Waals surface area (Å²) in [5, 5.41) is 11.9. The van der Waals surface area contributed by atoms with E-state index in [-0.39, 0.29) is 24.5 Å². The maximum Gasteiger partial charge on any atom is 0.240 e. The van der Waals surface area contributed by atoms with Crippen molar-refractivity contribution in [2.24, 2.45) is 11.7 Å². The third kappa shape index (κ3) is 3.19. The third-order valence-electron chi connectivity index (χ3n) is 3.70. The van der Waals surface area contributed by atoms with Gasteiger partial charge in [-0.3, -0.25) is 4.79 Å². The molecule has 0 bridgehead atoms. The first kappa shape index (κ1) is 13.5. The summed E-state index contributed by atoms with van der Waals surface area (Å²) < 4.78 is 0. The summed E-state index contributed by atoms with van der Waals surface area (Å²) in [5.41, 5.74) is 5.44. The highest BCUT2D eigenvalue weighted by atomic mass is 16.3. The van der Waals surface area contributed by atoms with E-state index in [9.17, 15) is 4.79 Å². The molecule has 1 fully saturated rings. The molecule has 2 atom stereocenters. The Morgan fingerprint density at radius 1 is 1.38 bits per heavy atom. The lowest BCUT2D eigenvalue weighted by Crippen LogP contribution is -2.57. The lowest BCUT2D eigenvalue weighted by molar-refractivity contribution is -0.128. The molecule has 0 spiro atoms. The molecule has 4 heteroatoms. The van der Waals surface area contributed by atoms with Gasteiger partial charge in [-0.1, -0.05) is 26.2 Å². The van der Waals surface area contributed by atoms with Gasteiger partial charge in [0, 0.05) is 12.6 Å². The van der Waals surface area contributed by atoms with Gasteiger partial charge < -0.3 is 16.2 Å². The Morgan fingerprint density at radius 2 is 1.94 bits per heavy atom. The molecule has 1 aliphatic carbocycles. The number of nitrogens with one attached hydrogen (secondary N) is 1. The van der Waals surface area contributed by atoms with E-state index in [1.54, 1.807) is 0 Å². The fraction of sp³-hybridized carbons (Fsp3) is 0.917. The molecule has 1 amide bonds. The van der Waals surface area contributed by atoms with Crippen molar-refractivity contribution < 1.29 is 9.90 Å². The highest BCUT2D eigenvalue weighted by molar-refractivity contribution is 5.86. The van der Waals surface area contributed by atoms with E-state index in [0.717, 1.165) is 25.7 Å². The van der Waals surface area contributed by atoms with Gasteiger partial charge in [-0.25, -0.2) is 0 Å². The van der Waals surface area contributed by atoms with E-state index in [1.165, 1.54) is 6.42 Å². The van der Waals surface area contributed by atoms with Gasteiger partial charge in [0.2, 0.25) is 5.91 Å². The average molecular weight is 228 g/mol. The van der Waals surface area contributed by atoms with Crippen molar-refractivity contribution in [1.82, 2.24) is 5.32 Å². The lowest BCUT2D eigenvalue weighted by atomic mass is 9.81. The standard InChI is InChI=1S/C12H24N2O2/c1-9(8-15)10(2)14-11(16)12(13)6-4-3-5-7-12/h9-10,15H,3-8,13H2,1-2H3,(H,14,16). The van der Waals surface area contributed by atoms with Gasteiger partial charge in [-0.2, -0.15) is 0 Å². The minimum absolute atomic E-state index is 0.0279. The van der Waals surface area contributed by atoms with Crippen molar-refractivity contribution >= 4 is 5.91 Å². The normalized spacial score (nSPS) is 23.5. The summed E-state index contributed by atoms with van der Waals surface area (Å²) in [7, 11) is 0. The maximum atomic E-state index is 12.0. The fourth-order valence-corrected chi connectivity index (χ4v) is 2.06. The molecule has 4 N–H and O–H groups in total. The van der Waals surface area contributed by atoms with E-state index in [1.807, 2.05) is 13.8 Å². The van der Waals surface area contributed by atoms with Crippen molar-refractivity contribution in [3.63, 3.8) is 0 Å². The highest BCUT2D eigenvalue weighted by Crippen LogP contribution is 2.26. The third-order valence-corrected chi connectivity index (χ3v) is 3.70. The molecule has 0 saturated heterocycles. The molecule has 4 nitrogen and oxygen atoms in total. The smallest absolute Gasteiger partial charge is 0.240 e. The molecular weight excluding hydrogens is 204 g/mol. The van der Waals surface area contributed by atoms with E-state index < -0.39 is 5.54 Å². The van der Waals surface area contributed by atoms with Crippen LogP contribution in [0.5, 0.6) is 0 Å². The van der Waals surface area contributed by atoms with Crippen LogP contribution >= 0.6 is 0 Å². The lowest BCUT2D eigenvalue weighted by Gasteiger charge is -2.33. The minimum Gasteiger partial charge on any atom is -0.396 e. The predicted molar refractivity (Wildman–Crippen MR) is 63.9 cm³/mol. The second kappa shape index (κ2) is 5.64. The molecule has 16 heavy (non-hydrogen) atoms. The second-order valence-corrected chi connectivity index (χ2v) is 5.14. The van der Waals surface area contributed by atoms with Crippen LogP contribution < -0.4 is 11.1 Å². The quantitative estimate of drug-likeness (QED) is 0.665. The van der Waals surface area contributed by atoms with E-state index in [2.05, 4.69) is 5.32 Å². The van der Waals surface area contributed by atoms with Crippen molar-refractivity contribution in [3.05, 3.63) is 0 Å². The van der Waals surface area contributed by atoms with E-state index in [4.69, 9.17) is 10.8 Å². The van der Waals surface area contributed by atoms with Crippen molar-refractivity contribution in [2.75, 3.05) is 6.61 Å². The van der Waals surface area contributed by atoms with Crippen LogP contribution in [0.2, 0.25) is 0 Å². The maximum absolute atomic E-state index is 12.0. The first-order chi connectivity index (χ1) is 7.49. The molecule has 0 aromatic heterocycles. The molecule has 1 rings (SSSR count). The number of aliphatic hydroxyl groups is 1. The van der Waals surface area contributed by atoms with Crippen LogP contribution in [0.25, 0.3) is 0 Å². The predicted octanol–water partition coefficient (Wildman–Crippen LogP) is 0.781. The summed E-state index contributed by atoms with van der Waals surface area (Å²) in [6.45, 7) is 3.90. The summed E-state index contributed by atoms with van der Waals surface area (Å²) >= 11 is 0. The zero-order chi connectivity index (χ0) is 12.2. The fourth-order valence-electron chi connectivity index (χ4n) is 2.06. The first-order valence-electron chi connectivity index (χ1n) is 6.20. The molecule has 1 saturated carbocycles. The number of hydrogen-bond donors (Lipinski definition) is 3. The molecule has 0 aliphatic heterocycles. The highest BCUT2D eigenvalue weighted by Gasteiger charge is 2.36. The van der Waals surface area contributed by atoms with Crippen molar-refractivity contribution in [3.8, 4) is 0 Å². The first-order valence-corrected chi connectivity index (χ1v) is 6.20. The van der Waals surface area contributed by atoms with Crippen LogP contribution in [-0.4, -0.2) is 29.2 Å². The Balaban J connectivity index is 2.50. The zero-order valence-corrected chi connectivity index (χ0v) is 10.3. The molecule has 0 radical (unpaired) electrons. The SMILES string of the molecule is CC(CO)C(C)NC(=O)C1(N)CCCCC1. The topological polar surface area (TPSA) is 75.3 Å². The van der Waals surface area contributed by atoms with Crippen molar-refractivity contribution in [2.45, 2.75) is 57.5 Å². The molecule has 0 aromatic rings. The molecule has 0 heterocycles. The Bertz CT molecular complexity index is 237. The van der Waals surface area contributed by atoms with Crippen molar-refractivity contribution in [1.29, 1.82) is 0 Å². The van der Waals surface area contributed by atoms with Crippen LogP contribution in [0.4, 0.5) is 0 Å². The number of carbonyl (C=O) groups is 1. The Hall–Kier alpha value is -0.610. The number of amides is 1. The number of carbonyl (C=O) groups excluding carboxylic acids is 1. The summed E-state index contributed by atoms with van der Waals surface area (Å²) in [6.07, 6.45) is 4.80. The van der Waals surface area contributed by atoms with Gasteiger partial charge in [-0.15, -0.1) is 0 Å². The number of aliphatic hydroxyl groups excluding tert-OH is 1. The Kier molecular flexibility index (Phi) is 4.74. The molecular formula is C12H24N2O2. The van der Waals surface area contributed by atoms with Crippen LogP contribution in [-0.2, 0) is 4.79 Å². The van der Waals surface area contributed by atoms with Gasteiger partial charge in [-0.05, 0) is 25.7 Å². The molecule has 1 aliphatic rings. The van der Waals surface area contributed by atoms with Gasteiger partial charge in [0.15, 0.2) is 0 Å². The van der Waals surface area contributed by atoms with Gasteiger partial charge in [0.05, 0.1) is 5.54 Å². The number of rotatable bonds is 4. The Morgan fingerprint density at radius 3 is 2.44 bits per heavy atom. The number of hydrogen-bond acceptors (Lipinski definition) is 3. The molecule has 2 unspecified atom stereocenters. The van der Waals surface area contributed by atoms with Gasteiger partial charge in [0.1, 0.15) is 0 Å². The van der Waals surface area contributed by atoms with Crippen LogP contribution in [0.1, 0.15) is 46.0 Å². The van der Waals surface area contributed by atoms with E-state index in [0.29, 0.717) is 0 Å². The summed E-state index contributed by atoms with van der Waals surface area (Å²) in [6, 6.07) is -0.0279. The van der Waals surface area contributed by atoms with Crippen LogP contribution in [0, 0.1) is 5.92 Å².